The van der Waals surface area contributed by atoms with Gasteiger partial charge < -0.3 is 10.0 Å². The first-order valence-corrected chi connectivity index (χ1v) is 7.63. The summed E-state index contributed by atoms with van der Waals surface area (Å²) in [5.74, 6) is 0.963. The van der Waals surface area contributed by atoms with E-state index >= 15 is 0 Å². The summed E-state index contributed by atoms with van der Waals surface area (Å²) in [6, 6.07) is 0. The Bertz CT molecular complexity index is 398. The van der Waals surface area contributed by atoms with Crippen LogP contribution in [0.3, 0.4) is 0 Å². The van der Waals surface area contributed by atoms with E-state index in [2.05, 4.69) is 0 Å². The minimum absolute atomic E-state index is 0.109. The van der Waals surface area contributed by atoms with Crippen LogP contribution in [0.25, 0.3) is 0 Å². The van der Waals surface area contributed by atoms with Gasteiger partial charge in [-0.25, -0.2) is 4.79 Å². The van der Waals surface area contributed by atoms with Crippen LogP contribution in [0.1, 0.15) is 51.9 Å². The zero-order valence-corrected chi connectivity index (χ0v) is 11.6. The third-order valence-corrected chi connectivity index (χ3v) is 5.41. The molecule has 3 fully saturated rings. The molecule has 3 aliphatic rings. The summed E-state index contributed by atoms with van der Waals surface area (Å²) in [6.45, 7) is 2.63. The number of aliphatic carboxylic acids is 1. The van der Waals surface area contributed by atoms with Gasteiger partial charge in [-0.1, -0.05) is 13.3 Å². The first-order chi connectivity index (χ1) is 9.08. The number of carboxylic acids is 1. The average molecular weight is 265 g/mol. The highest BCUT2D eigenvalue weighted by Crippen LogP contribution is 2.55. The molecule has 3 unspecified atom stereocenters. The second-order valence-corrected chi connectivity index (χ2v) is 6.60. The quantitative estimate of drug-likeness (QED) is 0.848. The Morgan fingerprint density at radius 2 is 1.95 bits per heavy atom. The van der Waals surface area contributed by atoms with Crippen molar-refractivity contribution in [2.24, 2.45) is 17.8 Å². The van der Waals surface area contributed by atoms with Crippen molar-refractivity contribution in [1.82, 2.24) is 4.90 Å². The number of hydrogen-bond donors (Lipinski definition) is 1. The molecule has 1 heterocycles. The normalized spacial score (nSPS) is 40.3. The number of likely N-dealkylation sites (tertiary alicyclic amines) is 1. The van der Waals surface area contributed by atoms with Crippen LogP contribution in [-0.4, -0.2) is 34.0 Å². The van der Waals surface area contributed by atoms with Gasteiger partial charge in [0.1, 0.15) is 5.54 Å². The lowest BCUT2D eigenvalue weighted by Gasteiger charge is -2.36. The summed E-state index contributed by atoms with van der Waals surface area (Å²) in [4.78, 5) is 26.1. The molecular formula is C15H23NO3. The maximum atomic E-state index is 12.7. The summed E-state index contributed by atoms with van der Waals surface area (Å²) in [5, 5.41) is 9.62. The molecule has 3 rings (SSSR count). The van der Waals surface area contributed by atoms with Gasteiger partial charge >= 0.3 is 5.97 Å². The van der Waals surface area contributed by atoms with Crippen molar-refractivity contribution in [3.05, 3.63) is 0 Å². The zero-order chi connectivity index (χ0) is 13.6. The maximum Gasteiger partial charge on any atom is 0.329 e. The molecule has 1 amide bonds. The van der Waals surface area contributed by atoms with Crippen molar-refractivity contribution in [1.29, 1.82) is 0 Å². The Hall–Kier alpha value is -1.06. The fraction of sp³-hybridized carbons (Fsp3) is 0.867. The number of rotatable bonds is 4. The molecule has 4 heteroatoms. The lowest BCUT2D eigenvalue weighted by molar-refractivity contribution is -0.158. The van der Waals surface area contributed by atoms with Gasteiger partial charge in [-0.3, -0.25) is 4.79 Å². The molecule has 0 aromatic rings. The lowest BCUT2D eigenvalue weighted by atomic mass is 9.89. The van der Waals surface area contributed by atoms with E-state index in [4.69, 9.17) is 0 Å². The zero-order valence-electron chi connectivity index (χ0n) is 11.6. The number of amides is 1. The third kappa shape index (κ3) is 1.96. The van der Waals surface area contributed by atoms with Crippen molar-refractivity contribution >= 4 is 11.9 Å². The van der Waals surface area contributed by atoms with Gasteiger partial charge in [-0.15, -0.1) is 0 Å². The van der Waals surface area contributed by atoms with Crippen molar-refractivity contribution in [3.63, 3.8) is 0 Å². The molecule has 4 nitrogen and oxygen atoms in total. The van der Waals surface area contributed by atoms with Crippen LogP contribution >= 0.6 is 0 Å². The smallest absolute Gasteiger partial charge is 0.329 e. The van der Waals surface area contributed by atoms with Gasteiger partial charge in [-0.2, -0.15) is 0 Å². The van der Waals surface area contributed by atoms with E-state index in [0.717, 1.165) is 37.5 Å². The standard InChI is InChI=1S/C15H23NO3/c1-2-4-15(14(18)19)5-3-6-16(15)13(17)12-8-10-7-11(10)9-12/h10-12H,2-9H2,1H3,(H,18,19). The minimum Gasteiger partial charge on any atom is -0.479 e. The molecule has 1 N–H and O–H groups in total. The molecule has 0 bridgehead atoms. The highest BCUT2D eigenvalue weighted by Gasteiger charge is 2.54. The van der Waals surface area contributed by atoms with Gasteiger partial charge in [0.05, 0.1) is 0 Å². The van der Waals surface area contributed by atoms with Crippen LogP contribution < -0.4 is 0 Å². The average Bonchev–Trinajstić information content (AvgIpc) is 2.82. The second kappa shape index (κ2) is 4.50. The highest BCUT2D eigenvalue weighted by atomic mass is 16.4. The van der Waals surface area contributed by atoms with Crippen molar-refractivity contribution in [3.8, 4) is 0 Å². The monoisotopic (exact) mass is 265 g/mol. The molecule has 2 aliphatic carbocycles. The largest absolute Gasteiger partial charge is 0.479 e. The van der Waals surface area contributed by atoms with E-state index in [-0.39, 0.29) is 11.8 Å². The molecule has 106 valence electrons. The van der Waals surface area contributed by atoms with Gasteiger partial charge in [0.15, 0.2) is 0 Å². The molecule has 1 aliphatic heterocycles. The van der Waals surface area contributed by atoms with E-state index in [0.29, 0.717) is 19.4 Å². The van der Waals surface area contributed by atoms with E-state index < -0.39 is 11.5 Å². The van der Waals surface area contributed by atoms with Crippen LogP contribution in [-0.2, 0) is 9.59 Å². The van der Waals surface area contributed by atoms with Gasteiger partial charge in [0, 0.05) is 12.5 Å². The second-order valence-electron chi connectivity index (χ2n) is 6.60. The summed E-state index contributed by atoms with van der Waals surface area (Å²) in [6.07, 6.45) is 6.16. The Kier molecular flexibility index (Phi) is 3.06. The summed E-state index contributed by atoms with van der Waals surface area (Å²) < 4.78 is 0. The van der Waals surface area contributed by atoms with Crippen molar-refractivity contribution in [2.75, 3.05) is 6.54 Å². The minimum atomic E-state index is -0.904. The number of fused-ring (bicyclic) bond motifs is 1. The molecular weight excluding hydrogens is 242 g/mol. The molecule has 0 radical (unpaired) electrons. The van der Waals surface area contributed by atoms with Crippen LogP contribution in [0.2, 0.25) is 0 Å². The molecule has 2 saturated carbocycles. The maximum absolute atomic E-state index is 12.7. The Labute approximate surface area is 114 Å². The van der Waals surface area contributed by atoms with E-state index in [1.165, 1.54) is 6.42 Å². The topological polar surface area (TPSA) is 57.6 Å². The Morgan fingerprint density at radius 3 is 2.53 bits per heavy atom. The highest BCUT2D eigenvalue weighted by molar-refractivity contribution is 5.89. The van der Waals surface area contributed by atoms with Gasteiger partial charge in [0.2, 0.25) is 5.91 Å². The molecule has 3 atom stereocenters. The molecule has 0 aromatic carbocycles. The van der Waals surface area contributed by atoms with Crippen LogP contribution in [0.15, 0.2) is 0 Å². The third-order valence-electron chi connectivity index (χ3n) is 5.41. The fourth-order valence-electron chi connectivity index (χ4n) is 4.34. The van der Waals surface area contributed by atoms with Crippen molar-refractivity contribution < 1.29 is 14.7 Å². The molecule has 0 aromatic heterocycles. The van der Waals surface area contributed by atoms with E-state index in [1.807, 2.05) is 6.92 Å². The predicted molar refractivity (Wildman–Crippen MR) is 70.5 cm³/mol. The van der Waals surface area contributed by atoms with E-state index in [9.17, 15) is 14.7 Å². The number of carbonyl (C=O) groups is 2. The van der Waals surface area contributed by atoms with Crippen LogP contribution in [0.4, 0.5) is 0 Å². The van der Waals surface area contributed by atoms with Crippen LogP contribution in [0, 0.1) is 17.8 Å². The fourth-order valence-corrected chi connectivity index (χ4v) is 4.34. The number of carboxylic acid groups (broad SMARTS) is 1. The Balaban J connectivity index is 1.77. The molecule has 1 saturated heterocycles. The van der Waals surface area contributed by atoms with Crippen LogP contribution in [0.5, 0.6) is 0 Å². The van der Waals surface area contributed by atoms with E-state index in [1.54, 1.807) is 4.90 Å². The summed E-state index contributed by atoms with van der Waals surface area (Å²) in [5.41, 5.74) is -0.904. The first kappa shape index (κ1) is 12.9. The number of nitrogens with zero attached hydrogens (tertiary/aromatic N) is 1. The molecule has 19 heavy (non-hydrogen) atoms. The number of carbonyl (C=O) groups excluding carboxylic acids is 1. The SMILES string of the molecule is CCCC1(C(=O)O)CCCN1C(=O)C1CC2CC2C1. The lowest BCUT2D eigenvalue weighted by Crippen LogP contribution is -2.54. The van der Waals surface area contributed by atoms with Crippen molar-refractivity contribution in [2.45, 2.75) is 57.4 Å². The predicted octanol–water partition coefficient (Wildman–Crippen LogP) is 2.28. The first-order valence-electron chi connectivity index (χ1n) is 7.63. The number of hydrogen-bond acceptors (Lipinski definition) is 2. The molecule has 0 spiro atoms. The van der Waals surface area contributed by atoms with Gasteiger partial charge in [0.25, 0.3) is 0 Å². The summed E-state index contributed by atoms with van der Waals surface area (Å²) >= 11 is 0. The summed E-state index contributed by atoms with van der Waals surface area (Å²) in [7, 11) is 0. The Morgan fingerprint density at radius 1 is 1.26 bits per heavy atom. The van der Waals surface area contributed by atoms with Gasteiger partial charge in [-0.05, 0) is 50.4 Å².